The number of nitrogens with one attached hydrogen (secondary N) is 1. The van der Waals surface area contributed by atoms with E-state index in [9.17, 15) is 18.5 Å². The van der Waals surface area contributed by atoms with Gasteiger partial charge >= 0.3 is 0 Å². The number of aryl methyl sites for hydroxylation is 1. The van der Waals surface area contributed by atoms with Crippen molar-refractivity contribution in [2.45, 2.75) is 26.8 Å². The zero-order valence-electron chi connectivity index (χ0n) is 29.6. The van der Waals surface area contributed by atoms with E-state index in [1.807, 2.05) is 61.5 Å². The average molecular weight is 712 g/mol. The molecule has 7 aromatic rings. The molecule has 0 unspecified atom stereocenters. The molecule has 1 N–H and O–H groups in total. The van der Waals surface area contributed by atoms with Crippen molar-refractivity contribution in [3.63, 3.8) is 0 Å². The second-order valence-corrected chi connectivity index (χ2v) is 15.8. The molecule has 0 spiro atoms. The van der Waals surface area contributed by atoms with Crippen LogP contribution in [0.3, 0.4) is 0 Å². The zero-order chi connectivity index (χ0) is 36.5. The van der Waals surface area contributed by atoms with Crippen molar-refractivity contribution < 1.29 is 17.6 Å². The van der Waals surface area contributed by atoms with Gasteiger partial charge in [0.25, 0.3) is 5.91 Å². The van der Waals surface area contributed by atoms with Gasteiger partial charge in [-0.25, -0.2) is 18.4 Å². The number of hydrogen-bond donors (Lipinski definition) is 1. The zero-order valence-corrected chi connectivity index (χ0v) is 30.4. The van der Waals surface area contributed by atoms with E-state index in [1.54, 1.807) is 25.2 Å². The molecular formula is C40H37N7O4S. The van der Waals surface area contributed by atoms with Crippen molar-refractivity contribution in [3.05, 3.63) is 95.3 Å². The molecule has 1 amide bonds. The molecule has 0 saturated carbocycles. The smallest absolute Gasteiger partial charge is 0.255 e. The molecule has 1 atom stereocenters. The molecule has 52 heavy (non-hydrogen) atoms. The number of furan rings is 1. The second kappa shape index (κ2) is 12.5. The number of rotatable bonds is 7. The molecule has 1 saturated heterocycles. The van der Waals surface area contributed by atoms with E-state index in [2.05, 4.69) is 27.6 Å². The van der Waals surface area contributed by atoms with Gasteiger partial charge in [0, 0.05) is 48.6 Å². The number of carbonyl (C=O) groups is 1. The predicted octanol–water partition coefficient (Wildman–Crippen LogP) is 6.89. The van der Waals surface area contributed by atoms with E-state index in [1.165, 1.54) is 11.4 Å². The maximum Gasteiger partial charge on any atom is 0.255 e. The van der Waals surface area contributed by atoms with Gasteiger partial charge < -0.3 is 9.73 Å². The van der Waals surface area contributed by atoms with Crippen molar-refractivity contribution >= 4 is 60.0 Å². The van der Waals surface area contributed by atoms with Gasteiger partial charge in [-0.1, -0.05) is 42.8 Å². The second-order valence-electron chi connectivity index (χ2n) is 13.8. The van der Waals surface area contributed by atoms with Crippen molar-refractivity contribution in [2.75, 3.05) is 37.7 Å². The molecule has 0 radical (unpaired) electrons. The fourth-order valence-corrected chi connectivity index (χ4v) is 7.87. The van der Waals surface area contributed by atoms with E-state index >= 15 is 0 Å². The first-order chi connectivity index (χ1) is 24.9. The highest BCUT2D eigenvalue weighted by molar-refractivity contribution is 7.92. The summed E-state index contributed by atoms with van der Waals surface area (Å²) < 4.78 is 35.7. The summed E-state index contributed by atoms with van der Waals surface area (Å²) in [5.74, 6) is 1.50. The van der Waals surface area contributed by atoms with Crippen LogP contribution in [0.4, 0.5) is 5.69 Å². The van der Waals surface area contributed by atoms with Crippen LogP contribution < -0.4 is 9.62 Å². The number of nitrogens with zero attached hydrogens (tertiary/aromatic N) is 6. The van der Waals surface area contributed by atoms with E-state index < -0.39 is 10.0 Å². The number of aromatic nitrogens is 3. The lowest BCUT2D eigenvalue weighted by Crippen LogP contribution is -2.25. The Morgan fingerprint density at radius 1 is 1.06 bits per heavy atom. The highest BCUT2D eigenvalue weighted by Gasteiger charge is 2.27. The van der Waals surface area contributed by atoms with Crippen LogP contribution in [0.25, 0.3) is 61.0 Å². The van der Waals surface area contributed by atoms with Gasteiger partial charge in [0.1, 0.15) is 22.7 Å². The molecule has 1 aliphatic rings. The molecule has 1 fully saturated rings. The molecule has 12 heteroatoms. The summed E-state index contributed by atoms with van der Waals surface area (Å²) in [4.78, 5) is 26.2. The minimum atomic E-state index is -3.73. The molecule has 11 nitrogen and oxygen atoms in total. The van der Waals surface area contributed by atoms with Gasteiger partial charge in [-0.2, -0.15) is 5.26 Å². The fourth-order valence-electron chi connectivity index (χ4n) is 7.36. The summed E-state index contributed by atoms with van der Waals surface area (Å²) in [6.07, 6.45) is 2.27. The molecule has 0 bridgehead atoms. The van der Waals surface area contributed by atoms with Crippen LogP contribution in [0.2, 0.25) is 0 Å². The normalized spacial score (nSPS) is 15.2. The molecule has 1 aliphatic heterocycles. The van der Waals surface area contributed by atoms with Gasteiger partial charge in [-0.05, 0) is 62.2 Å². The Bertz CT molecular complexity index is 2740. The summed E-state index contributed by atoms with van der Waals surface area (Å²) in [5, 5.41) is 14.1. The Morgan fingerprint density at radius 2 is 1.85 bits per heavy atom. The van der Waals surface area contributed by atoms with Gasteiger partial charge in [0.15, 0.2) is 0 Å². The van der Waals surface area contributed by atoms with Crippen molar-refractivity contribution in [2.24, 2.45) is 5.92 Å². The standard InChI is InChI=1S/C40H37N7O4S/c1-23-9-11-25(12-10-23)39-37(40(48)42-3)29-17-28(33(19-35(29)51-39)45(4)52(5,49)50)30-13-14-31-38(44-30)34-18-27-26(20-41)7-6-8-32(27)47(34)36(43-31)22-46-16-15-24(2)21-46/h6-14,17-19,24H,15-16,21-22H2,1-5H3,(H,42,48)/t24-/m0/s1. The van der Waals surface area contributed by atoms with Crippen LogP contribution >= 0.6 is 0 Å². The van der Waals surface area contributed by atoms with Crippen LogP contribution in [-0.2, 0) is 16.6 Å². The quantitative estimate of drug-likeness (QED) is 0.189. The van der Waals surface area contributed by atoms with E-state index in [0.717, 1.165) is 53.6 Å². The van der Waals surface area contributed by atoms with Gasteiger partial charge in [-0.15, -0.1) is 0 Å². The average Bonchev–Trinajstić information content (AvgIpc) is 3.85. The summed E-state index contributed by atoms with van der Waals surface area (Å²) in [7, 11) is -0.678. The molecule has 5 heterocycles. The minimum Gasteiger partial charge on any atom is -0.455 e. The Morgan fingerprint density at radius 3 is 2.54 bits per heavy atom. The van der Waals surface area contributed by atoms with Crippen LogP contribution in [-0.4, -0.2) is 67.0 Å². The number of fused-ring (bicyclic) bond motifs is 6. The van der Waals surface area contributed by atoms with Gasteiger partial charge in [-0.3, -0.25) is 18.4 Å². The largest absolute Gasteiger partial charge is 0.455 e. The lowest BCUT2D eigenvalue weighted by molar-refractivity contribution is 0.0964. The summed E-state index contributed by atoms with van der Waals surface area (Å²) in [5.41, 5.74) is 7.28. The first-order valence-electron chi connectivity index (χ1n) is 17.2. The van der Waals surface area contributed by atoms with Crippen LogP contribution in [0.15, 0.2) is 77.2 Å². The molecule has 8 rings (SSSR count). The van der Waals surface area contributed by atoms with Crippen LogP contribution in [0.1, 0.15) is 40.7 Å². The van der Waals surface area contributed by atoms with Crippen LogP contribution in [0.5, 0.6) is 0 Å². The van der Waals surface area contributed by atoms with E-state index in [4.69, 9.17) is 14.4 Å². The minimum absolute atomic E-state index is 0.337. The number of hydrogen-bond acceptors (Lipinski definition) is 8. The van der Waals surface area contributed by atoms with Crippen molar-refractivity contribution in [3.8, 4) is 28.7 Å². The summed E-state index contributed by atoms with van der Waals surface area (Å²) in [6.45, 7) is 6.85. The Hall–Kier alpha value is -5.77. The topological polar surface area (TPSA) is 137 Å². The number of benzene rings is 3. The van der Waals surface area contributed by atoms with Gasteiger partial charge in [0.05, 0.1) is 57.9 Å². The molecule has 3 aromatic carbocycles. The maximum absolute atomic E-state index is 13.5. The molecule has 4 aromatic heterocycles. The first-order valence-corrected chi connectivity index (χ1v) is 19.0. The maximum atomic E-state index is 13.5. The number of carbonyl (C=O) groups excluding carboxylic acids is 1. The Labute approximate surface area is 301 Å². The predicted molar refractivity (Wildman–Crippen MR) is 204 cm³/mol. The van der Waals surface area contributed by atoms with Crippen LogP contribution in [0, 0.1) is 24.2 Å². The number of pyridine rings is 1. The highest BCUT2D eigenvalue weighted by atomic mass is 32.2. The number of amides is 1. The van der Waals surface area contributed by atoms with E-state index in [-0.39, 0.29) is 5.91 Å². The van der Waals surface area contributed by atoms with E-state index in [0.29, 0.717) is 73.9 Å². The first kappa shape index (κ1) is 33.4. The fraction of sp³-hybridized carbons (Fsp3) is 0.250. The lowest BCUT2D eigenvalue weighted by Gasteiger charge is -2.21. The number of nitriles is 1. The SMILES string of the molecule is CNC(=O)c1c(-c2ccc(C)cc2)oc2cc(N(C)S(C)(=O)=O)c(-c3ccc4nc(CN5CC[C@H](C)C5)n5c6cccc(C#N)c6cc5c4n3)cc12. The summed E-state index contributed by atoms with van der Waals surface area (Å²) >= 11 is 0. The van der Waals surface area contributed by atoms with Crippen molar-refractivity contribution in [1.29, 1.82) is 5.26 Å². The highest BCUT2D eigenvalue weighted by Crippen LogP contribution is 2.42. The third-order valence-electron chi connectivity index (χ3n) is 10.2. The number of anilines is 1. The Balaban J connectivity index is 1.40. The summed E-state index contributed by atoms with van der Waals surface area (Å²) in [6, 6.07) is 24.8. The van der Waals surface area contributed by atoms with Gasteiger partial charge in [0.2, 0.25) is 10.0 Å². The molecular weight excluding hydrogens is 675 g/mol. The third kappa shape index (κ3) is 5.53. The molecule has 0 aliphatic carbocycles. The number of sulfonamides is 1. The molecule has 262 valence electrons. The number of likely N-dealkylation sites (tertiary alicyclic amines) is 1. The van der Waals surface area contributed by atoms with Crippen molar-refractivity contribution in [1.82, 2.24) is 24.6 Å². The monoisotopic (exact) mass is 711 g/mol. The Kier molecular flexibility index (Phi) is 8.01. The third-order valence-corrected chi connectivity index (χ3v) is 11.3. The lowest BCUT2D eigenvalue weighted by atomic mass is 10.00.